The maximum absolute atomic E-state index is 12.1. The molecule has 1 N–H and O–H groups in total. The fourth-order valence-corrected chi connectivity index (χ4v) is 4.33. The molecule has 0 unspecified atom stereocenters. The fourth-order valence-electron chi connectivity index (χ4n) is 3.41. The Morgan fingerprint density at radius 2 is 1.71 bits per heavy atom. The van der Waals surface area contributed by atoms with Crippen LogP contribution in [0.2, 0.25) is 6.82 Å². The number of hydrogen-bond donors (Lipinski definition) is 1. The van der Waals surface area contributed by atoms with Crippen LogP contribution >= 0.6 is 0 Å². The summed E-state index contributed by atoms with van der Waals surface area (Å²) in [5.41, 5.74) is 3.69. The molecule has 0 spiro atoms. The van der Waals surface area contributed by atoms with E-state index in [1.165, 1.54) is 0 Å². The fraction of sp³-hybridized carbons (Fsp3) is 0.385. The lowest BCUT2D eigenvalue weighted by Gasteiger charge is -2.19. The topological polar surface area (TPSA) is 116 Å². The maximum Gasteiger partial charge on any atom is 0.409 e. The van der Waals surface area contributed by atoms with Gasteiger partial charge in [-0.2, -0.15) is 8.42 Å². The summed E-state index contributed by atoms with van der Waals surface area (Å²) >= 11 is 0. The number of benzene rings is 2. The summed E-state index contributed by atoms with van der Waals surface area (Å²) in [5, 5.41) is 17.6. The summed E-state index contributed by atoms with van der Waals surface area (Å²) in [6.45, 7) is 5.08. The molecule has 0 bridgehead atoms. The molecule has 1 heterocycles. The van der Waals surface area contributed by atoms with Crippen LogP contribution in [-0.4, -0.2) is 68.1 Å². The molecule has 0 aliphatic carbocycles. The molecule has 0 saturated heterocycles. The Morgan fingerprint density at radius 3 is 2.34 bits per heavy atom. The summed E-state index contributed by atoms with van der Waals surface area (Å²) in [6, 6.07) is 15.4. The minimum absolute atomic E-state index is 0.0634. The first-order chi connectivity index (χ1) is 18.3. The second-order valence-electron chi connectivity index (χ2n) is 8.63. The van der Waals surface area contributed by atoms with Crippen LogP contribution in [0.25, 0.3) is 12.2 Å². The molecule has 1 aromatic heterocycles. The average molecular weight is 542 g/mol. The Kier molecular flexibility index (Phi) is 11.3. The molecule has 204 valence electrons. The van der Waals surface area contributed by atoms with Gasteiger partial charge in [-0.15, -0.1) is 5.10 Å². The first-order valence-corrected chi connectivity index (χ1v) is 14.1. The molecule has 0 fully saturated rings. The van der Waals surface area contributed by atoms with E-state index < -0.39 is 17.2 Å². The molecule has 0 saturated carbocycles. The van der Waals surface area contributed by atoms with Gasteiger partial charge in [0.25, 0.3) is 10.1 Å². The van der Waals surface area contributed by atoms with Crippen molar-refractivity contribution in [3.05, 3.63) is 71.5 Å². The highest BCUT2D eigenvalue weighted by atomic mass is 32.2. The number of anilines is 1. The lowest BCUT2D eigenvalue weighted by Crippen LogP contribution is -2.32. The zero-order valence-electron chi connectivity index (χ0n) is 22.1. The van der Waals surface area contributed by atoms with Crippen molar-refractivity contribution in [2.75, 3.05) is 37.4 Å². The van der Waals surface area contributed by atoms with Crippen molar-refractivity contribution in [2.45, 2.75) is 33.3 Å². The van der Waals surface area contributed by atoms with Crippen LogP contribution < -0.4 is 9.55 Å². The smallest absolute Gasteiger partial charge is 0.409 e. The van der Waals surface area contributed by atoms with Crippen LogP contribution in [0.15, 0.2) is 54.7 Å². The number of rotatable bonds is 16. The maximum atomic E-state index is 12.1. The Balaban J connectivity index is 1.35. The van der Waals surface area contributed by atoms with Crippen molar-refractivity contribution in [1.82, 2.24) is 15.0 Å². The Morgan fingerprint density at radius 1 is 1.05 bits per heavy atom. The van der Waals surface area contributed by atoms with E-state index in [-0.39, 0.29) is 19.0 Å². The van der Waals surface area contributed by atoms with Crippen LogP contribution in [0.3, 0.4) is 0 Å². The van der Waals surface area contributed by atoms with Gasteiger partial charge in [-0.25, -0.2) is 0 Å². The number of aryl methyl sites for hydroxylation is 1. The van der Waals surface area contributed by atoms with Gasteiger partial charge in [0, 0.05) is 18.8 Å². The lowest BCUT2D eigenvalue weighted by molar-refractivity contribution is 0.131. The van der Waals surface area contributed by atoms with E-state index in [9.17, 15) is 13.4 Å². The molecule has 0 atom stereocenters. The summed E-state index contributed by atoms with van der Waals surface area (Å²) in [5.74, 6) is 0.511. The zero-order valence-corrected chi connectivity index (χ0v) is 22.9. The largest absolute Gasteiger partial charge is 0.491 e. The van der Waals surface area contributed by atoms with Crippen molar-refractivity contribution >= 4 is 35.0 Å². The monoisotopic (exact) mass is 542 g/mol. The number of nitrogens with zero attached hydrogens (tertiary/aromatic N) is 4. The van der Waals surface area contributed by atoms with E-state index in [1.807, 2.05) is 74.7 Å². The second-order valence-corrected chi connectivity index (χ2v) is 10.4. The summed E-state index contributed by atoms with van der Waals surface area (Å²) < 4.78 is 41.8. The predicted octanol–water partition coefficient (Wildman–Crippen LogP) is 3.35. The van der Waals surface area contributed by atoms with Crippen molar-refractivity contribution in [3.8, 4) is 5.75 Å². The minimum Gasteiger partial charge on any atom is -0.491 e. The van der Waals surface area contributed by atoms with E-state index >= 15 is 0 Å². The number of aromatic nitrogens is 3. The molecule has 2 aromatic carbocycles. The van der Waals surface area contributed by atoms with E-state index in [4.69, 9.17) is 13.7 Å². The van der Waals surface area contributed by atoms with E-state index in [2.05, 4.69) is 10.3 Å². The normalized spacial score (nSPS) is 11.7. The highest BCUT2D eigenvalue weighted by Crippen LogP contribution is 2.18. The van der Waals surface area contributed by atoms with Crippen LogP contribution in [-0.2, 0) is 32.2 Å². The first kappa shape index (κ1) is 29.4. The van der Waals surface area contributed by atoms with Crippen molar-refractivity contribution in [3.63, 3.8) is 0 Å². The lowest BCUT2D eigenvalue weighted by atomic mass is 9.85. The highest BCUT2D eigenvalue weighted by Gasteiger charge is 2.12. The molecule has 0 amide bonds. The van der Waals surface area contributed by atoms with Crippen LogP contribution in [0, 0.1) is 0 Å². The van der Waals surface area contributed by atoms with Gasteiger partial charge in [-0.3, -0.25) is 8.86 Å². The van der Waals surface area contributed by atoms with E-state index in [0.717, 1.165) is 16.8 Å². The third-order valence-electron chi connectivity index (χ3n) is 5.65. The van der Waals surface area contributed by atoms with Crippen molar-refractivity contribution < 1.29 is 27.1 Å². The van der Waals surface area contributed by atoms with Crippen molar-refractivity contribution in [2.24, 2.45) is 0 Å². The molecule has 10 nitrogen and oxygen atoms in total. The van der Waals surface area contributed by atoms with E-state index in [1.54, 1.807) is 22.5 Å². The molecule has 38 heavy (non-hydrogen) atoms. The van der Waals surface area contributed by atoms with Gasteiger partial charge in [-0.05, 0) is 62.6 Å². The van der Waals surface area contributed by atoms with Crippen LogP contribution in [0.5, 0.6) is 5.75 Å². The van der Waals surface area contributed by atoms with Gasteiger partial charge in [0.2, 0.25) is 0 Å². The second kappa shape index (κ2) is 14.7. The molecule has 0 aliphatic heterocycles. The summed E-state index contributed by atoms with van der Waals surface area (Å²) in [4.78, 5) is 1.79. The SMILES string of the molecule is CCOCc1cn(CCCS(=O)(=O)OCCOc2ccc(/C=C/c3ccc(N(C)B(C)O)cc3)cc2)nn1. The van der Waals surface area contributed by atoms with Gasteiger partial charge < -0.3 is 19.3 Å². The number of ether oxygens (including phenoxy) is 2. The Bertz CT molecular complexity index is 1250. The van der Waals surface area contributed by atoms with Gasteiger partial charge >= 0.3 is 7.05 Å². The summed E-state index contributed by atoms with van der Waals surface area (Å²) in [6.07, 6.45) is 6.10. The molecular formula is C26H35BN4O6S. The Hall–Kier alpha value is -3.19. The molecule has 3 aromatic rings. The summed E-state index contributed by atoms with van der Waals surface area (Å²) in [7, 11) is -2.37. The highest BCUT2D eigenvalue weighted by molar-refractivity contribution is 7.86. The van der Waals surface area contributed by atoms with E-state index in [0.29, 0.717) is 37.6 Å². The van der Waals surface area contributed by atoms with Crippen molar-refractivity contribution in [1.29, 1.82) is 0 Å². The van der Waals surface area contributed by atoms with Gasteiger partial charge in [0.05, 0.1) is 18.6 Å². The Labute approximate surface area is 225 Å². The van der Waals surface area contributed by atoms with Gasteiger partial charge in [0.1, 0.15) is 24.7 Å². The first-order valence-electron chi connectivity index (χ1n) is 12.5. The van der Waals surface area contributed by atoms with Crippen LogP contribution in [0.1, 0.15) is 30.2 Å². The third kappa shape index (κ3) is 9.94. The molecule has 0 aliphatic rings. The zero-order chi connectivity index (χ0) is 27.4. The average Bonchev–Trinajstić information content (AvgIpc) is 3.36. The minimum atomic E-state index is -3.66. The standard InChI is InChI=1S/C26H35BN4O6S/c1-4-35-21-24-20-31(29-28-24)16-5-19-38(33,34)37-18-17-36-26-14-10-23(11-15-26)7-6-22-8-12-25(13-9-22)30(3)27(2)32/h6-15,20,32H,4-5,16-19,21H2,1-3H3/b7-6+. The molecule has 3 rings (SSSR count). The van der Waals surface area contributed by atoms with Gasteiger partial charge in [-0.1, -0.05) is 41.6 Å². The molecule has 0 radical (unpaired) electrons. The molecular weight excluding hydrogens is 507 g/mol. The third-order valence-corrected chi connectivity index (χ3v) is 6.96. The van der Waals surface area contributed by atoms with Crippen LogP contribution in [0.4, 0.5) is 5.69 Å². The predicted molar refractivity (Wildman–Crippen MR) is 149 cm³/mol. The number of hydrogen-bond acceptors (Lipinski definition) is 9. The molecule has 12 heteroatoms. The quantitative estimate of drug-likeness (QED) is 0.126. The van der Waals surface area contributed by atoms with Gasteiger partial charge in [0.15, 0.2) is 0 Å².